The third-order valence-electron chi connectivity index (χ3n) is 0.983. The summed E-state index contributed by atoms with van der Waals surface area (Å²) >= 11 is 0. The molecule has 0 aromatic heterocycles. The Morgan fingerprint density at radius 1 is 1.90 bits per heavy atom. The SMILES string of the molecule is C#CC[C@@H](O)CC(=O)OC. The van der Waals surface area contributed by atoms with Crippen molar-refractivity contribution in [1.29, 1.82) is 0 Å². The largest absolute Gasteiger partial charge is 0.469 e. The van der Waals surface area contributed by atoms with E-state index in [-0.39, 0.29) is 12.8 Å². The number of ether oxygens (including phenoxy) is 1. The summed E-state index contributed by atoms with van der Waals surface area (Å²) in [6, 6.07) is 0. The van der Waals surface area contributed by atoms with Gasteiger partial charge in [0.1, 0.15) is 0 Å². The van der Waals surface area contributed by atoms with Crippen molar-refractivity contribution in [3.8, 4) is 12.3 Å². The monoisotopic (exact) mass is 142 g/mol. The van der Waals surface area contributed by atoms with E-state index in [2.05, 4.69) is 10.7 Å². The Balaban J connectivity index is 3.49. The van der Waals surface area contributed by atoms with Gasteiger partial charge in [-0.05, 0) is 0 Å². The van der Waals surface area contributed by atoms with E-state index in [1.54, 1.807) is 0 Å². The first kappa shape index (κ1) is 8.99. The first-order valence-electron chi connectivity index (χ1n) is 2.89. The smallest absolute Gasteiger partial charge is 0.308 e. The van der Waals surface area contributed by atoms with Crippen LogP contribution < -0.4 is 0 Å². The molecule has 0 heterocycles. The Bertz CT molecular complexity index is 145. The van der Waals surface area contributed by atoms with Crippen LogP contribution in [0.4, 0.5) is 0 Å². The molecule has 0 aliphatic carbocycles. The summed E-state index contributed by atoms with van der Waals surface area (Å²) in [5.41, 5.74) is 0. The van der Waals surface area contributed by atoms with Crippen molar-refractivity contribution in [2.75, 3.05) is 7.11 Å². The molecule has 0 radical (unpaired) electrons. The van der Waals surface area contributed by atoms with E-state index in [0.717, 1.165) is 0 Å². The third kappa shape index (κ3) is 3.93. The lowest BCUT2D eigenvalue weighted by molar-refractivity contribution is -0.142. The maximum Gasteiger partial charge on any atom is 0.308 e. The maximum atomic E-state index is 10.4. The number of hydrogen-bond donors (Lipinski definition) is 1. The number of aliphatic hydroxyl groups is 1. The van der Waals surface area contributed by atoms with Gasteiger partial charge in [0.05, 0.1) is 19.6 Å². The van der Waals surface area contributed by atoms with E-state index in [4.69, 9.17) is 11.5 Å². The predicted molar refractivity (Wildman–Crippen MR) is 36.1 cm³/mol. The molecule has 0 bridgehead atoms. The fourth-order valence-electron chi connectivity index (χ4n) is 0.484. The average molecular weight is 142 g/mol. The second-order valence-electron chi connectivity index (χ2n) is 1.84. The number of aliphatic hydroxyl groups excluding tert-OH is 1. The standard InChI is InChI=1S/C7H10O3/c1-3-4-6(8)5-7(9)10-2/h1,6,8H,4-5H2,2H3/t6-/m1/s1. The number of esters is 1. The van der Waals surface area contributed by atoms with Gasteiger partial charge in [-0.25, -0.2) is 0 Å². The molecule has 0 aliphatic rings. The van der Waals surface area contributed by atoms with Gasteiger partial charge >= 0.3 is 5.97 Å². The normalized spacial score (nSPS) is 11.7. The molecule has 3 heteroatoms. The molecule has 0 saturated heterocycles. The minimum Gasteiger partial charge on any atom is -0.469 e. The molecule has 0 saturated carbocycles. The zero-order valence-electron chi connectivity index (χ0n) is 5.83. The molecule has 1 N–H and O–H groups in total. The summed E-state index contributed by atoms with van der Waals surface area (Å²) < 4.78 is 4.30. The zero-order valence-corrected chi connectivity index (χ0v) is 5.83. The van der Waals surface area contributed by atoms with Gasteiger partial charge in [-0.1, -0.05) is 0 Å². The Morgan fingerprint density at radius 2 is 2.50 bits per heavy atom. The molecule has 0 fully saturated rings. The van der Waals surface area contributed by atoms with Gasteiger partial charge in [0.15, 0.2) is 0 Å². The molecule has 0 aromatic carbocycles. The number of carbonyl (C=O) groups excluding carboxylic acids is 1. The van der Waals surface area contributed by atoms with Crippen LogP contribution in [0.3, 0.4) is 0 Å². The Kier molecular flexibility index (Phi) is 4.34. The summed E-state index contributed by atoms with van der Waals surface area (Å²) in [6.45, 7) is 0. The number of methoxy groups -OCH3 is 1. The number of terminal acetylenes is 1. The van der Waals surface area contributed by atoms with Crippen LogP contribution in [0.25, 0.3) is 0 Å². The number of carbonyl (C=O) groups is 1. The fraction of sp³-hybridized carbons (Fsp3) is 0.571. The van der Waals surface area contributed by atoms with Crippen molar-refractivity contribution >= 4 is 5.97 Å². The highest BCUT2D eigenvalue weighted by molar-refractivity contribution is 5.69. The van der Waals surface area contributed by atoms with Crippen LogP contribution in [-0.4, -0.2) is 24.3 Å². The first-order valence-corrected chi connectivity index (χ1v) is 2.89. The average Bonchev–Trinajstić information content (AvgIpc) is 1.88. The highest BCUT2D eigenvalue weighted by Crippen LogP contribution is 1.96. The quantitative estimate of drug-likeness (QED) is 0.443. The van der Waals surface area contributed by atoms with E-state index in [9.17, 15) is 4.79 Å². The third-order valence-corrected chi connectivity index (χ3v) is 0.983. The second kappa shape index (κ2) is 4.83. The first-order chi connectivity index (χ1) is 4.70. The molecule has 10 heavy (non-hydrogen) atoms. The van der Waals surface area contributed by atoms with E-state index in [1.807, 2.05) is 0 Å². The molecule has 1 atom stereocenters. The van der Waals surface area contributed by atoms with E-state index < -0.39 is 12.1 Å². The highest BCUT2D eigenvalue weighted by atomic mass is 16.5. The molecule has 3 nitrogen and oxygen atoms in total. The molecule has 0 aromatic rings. The van der Waals surface area contributed by atoms with Crippen LogP contribution in [0.15, 0.2) is 0 Å². The van der Waals surface area contributed by atoms with Crippen LogP contribution >= 0.6 is 0 Å². The van der Waals surface area contributed by atoms with Crippen molar-refractivity contribution in [3.05, 3.63) is 0 Å². The molecule has 0 aliphatic heterocycles. The van der Waals surface area contributed by atoms with Crippen molar-refractivity contribution < 1.29 is 14.6 Å². The predicted octanol–water partition coefficient (Wildman–Crippen LogP) is -0.0663. The van der Waals surface area contributed by atoms with Crippen LogP contribution in [0.2, 0.25) is 0 Å². The summed E-state index contributed by atoms with van der Waals surface area (Å²) in [6.07, 6.45) is 4.28. The molecule has 0 unspecified atom stereocenters. The van der Waals surface area contributed by atoms with Crippen LogP contribution in [-0.2, 0) is 9.53 Å². The Morgan fingerprint density at radius 3 is 2.90 bits per heavy atom. The van der Waals surface area contributed by atoms with E-state index >= 15 is 0 Å². The highest BCUT2D eigenvalue weighted by Gasteiger charge is 2.08. The second-order valence-corrected chi connectivity index (χ2v) is 1.84. The fourth-order valence-corrected chi connectivity index (χ4v) is 0.484. The molecule has 56 valence electrons. The lowest BCUT2D eigenvalue weighted by atomic mass is 10.2. The van der Waals surface area contributed by atoms with Gasteiger partial charge in [-0.3, -0.25) is 4.79 Å². The summed E-state index contributed by atoms with van der Waals surface area (Å²) in [5, 5.41) is 8.91. The topological polar surface area (TPSA) is 46.5 Å². The van der Waals surface area contributed by atoms with Gasteiger partial charge in [0.2, 0.25) is 0 Å². The van der Waals surface area contributed by atoms with Crippen molar-refractivity contribution in [2.45, 2.75) is 18.9 Å². The van der Waals surface area contributed by atoms with Gasteiger partial charge in [0.25, 0.3) is 0 Å². The molecule has 0 rings (SSSR count). The summed E-state index contributed by atoms with van der Waals surface area (Å²) in [5.74, 6) is 1.80. The molecule has 0 amide bonds. The van der Waals surface area contributed by atoms with Crippen molar-refractivity contribution in [2.24, 2.45) is 0 Å². The molecular weight excluding hydrogens is 132 g/mol. The number of rotatable bonds is 3. The minimum atomic E-state index is -0.766. The lowest BCUT2D eigenvalue weighted by Crippen LogP contribution is -2.13. The van der Waals surface area contributed by atoms with Gasteiger partial charge in [0, 0.05) is 6.42 Å². The maximum absolute atomic E-state index is 10.4. The van der Waals surface area contributed by atoms with Gasteiger partial charge in [-0.2, -0.15) is 0 Å². The Hall–Kier alpha value is -1.01. The van der Waals surface area contributed by atoms with Crippen LogP contribution in [0.5, 0.6) is 0 Å². The van der Waals surface area contributed by atoms with Gasteiger partial charge < -0.3 is 9.84 Å². The van der Waals surface area contributed by atoms with E-state index in [1.165, 1.54) is 7.11 Å². The molecule has 0 spiro atoms. The van der Waals surface area contributed by atoms with Crippen LogP contribution in [0.1, 0.15) is 12.8 Å². The Labute approximate surface area is 60.0 Å². The van der Waals surface area contributed by atoms with Crippen molar-refractivity contribution in [3.63, 3.8) is 0 Å². The van der Waals surface area contributed by atoms with E-state index in [0.29, 0.717) is 0 Å². The summed E-state index contributed by atoms with van der Waals surface area (Å²) in [7, 11) is 1.27. The molecular formula is C7H10O3. The number of hydrogen-bond acceptors (Lipinski definition) is 3. The van der Waals surface area contributed by atoms with Gasteiger partial charge in [-0.15, -0.1) is 12.3 Å². The zero-order chi connectivity index (χ0) is 7.98. The lowest BCUT2D eigenvalue weighted by Gasteiger charge is -2.03. The van der Waals surface area contributed by atoms with Crippen LogP contribution in [0, 0.1) is 12.3 Å². The van der Waals surface area contributed by atoms with Crippen molar-refractivity contribution in [1.82, 2.24) is 0 Å². The summed E-state index contributed by atoms with van der Waals surface area (Å²) in [4.78, 5) is 10.4. The minimum absolute atomic E-state index is 0.0271.